The molecule has 2 aromatic carbocycles. The molecule has 5 nitrogen and oxygen atoms in total. The number of halogens is 1. The monoisotopic (exact) mass is 290 g/mol. The zero-order valence-electron chi connectivity index (χ0n) is 11.7. The van der Waals surface area contributed by atoms with Crippen LogP contribution in [0.25, 0.3) is 0 Å². The van der Waals surface area contributed by atoms with E-state index in [-0.39, 0.29) is 11.4 Å². The number of nitrogens with one attached hydrogen (secondary N) is 1. The predicted molar refractivity (Wildman–Crippen MR) is 78.1 cm³/mol. The number of benzene rings is 2. The average molecular weight is 290 g/mol. The van der Waals surface area contributed by atoms with Gasteiger partial charge in [-0.3, -0.25) is 10.1 Å². The molecule has 2 rings (SSSR count). The van der Waals surface area contributed by atoms with Gasteiger partial charge in [0.15, 0.2) is 11.6 Å². The molecule has 0 aromatic heterocycles. The van der Waals surface area contributed by atoms with Crippen molar-refractivity contribution < 1.29 is 14.1 Å². The summed E-state index contributed by atoms with van der Waals surface area (Å²) in [6.07, 6.45) is 0. The number of hydrogen-bond acceptors (Lipinski definition) is 4. The second-order valence-electron chi connectivity index (χ2n) is 4.52. The molecular weight excluding hydrogens is 275 g/mol. The Hall–Kier alpha value is -2.63. The fourth-order valence-electron chi connectivity index (χ4n) is 2.03. The molecule has 6 heteroatoms. The summed E-state index contributed by atoms with van der Waals surface area (Å²) in [6.45, 7) is 2.07. The van der Waals surface area contributed by atoms with Crippen LogP contribution in [0.3, 0.4) is 0 Å². The Morgan fingerprint density at radius 1 is 1.33 bits per heavy atom. The molecule has 0 saturated heterocycles. The van der Waals surface area contributed by atoms with E-state index >= 15 is 0 Å². The maximum absolute atomic E-state index is 13.6. The smallest absolute Gasteiger partial charge is 0.272 e. The quantitative estimate of drug-likeness (QED) is 0.674. The van der Waals surface area contributed by atoms with Crippen LogP contribution in [-0.2, 0) is 6.54 Å². The Morgan fingerprint density at radius 3 is 2.71 bits per heavy atom. The van der Waals surface area contributed by atoms with Crippen molar-refractivity contribution in [1.29, 1.82) is 0 Å². The van der Waals surface area contributed by atoms with E-state index in [1.165, 1.54) is 25.3 Å². The van der Waals surface area contributed by atoms with Crippen LogP contribution in [0, 0.1) is 22.9 Å². The summed E-state index contributed by atoms with van der Waals surface area (Å²) >= 11 is 0. The third kappa shape index (κ3) is 3.28. The van der Waals surface area contributed by atoms with Crippen molar-refractivity contribution in [3.8, 4) is 5.75 Å². The number of hydrogen-bond donors (Lipinski definition) is 1. The molecule has 0 spiro atoms. The van der Waals surface area contributed by atoms with Gasteiger partial charge in [-0.2, -0.15) is 0 Å². The van der Waals surface area contributed by atoms with E-state index in [9.17, 15) is 14.5 Å². The van der Waals surface area contributed by atoms with E-state index in [0.717, 1.165) is 5.56 Å². The average Bonchev–Trinajstić information content (AvgIpc) is 2.46. The number of nitrogens with zero attached hydrogens (tertiary/aromatic N) is 1. The van der Waals surface area contributed by atoms with Gasteiger partial charge in [0, 0.05) is 29.9 Å². The fourth-order valence-corrected chi connectivity index (χ4v) is 2.03. The minimum atomic E-state index is -0.460. The first-order valence-electron chi connectivity index (χ1n) is 6.33. The highest BCUT2D eigenvalue weighted by molar-refractivity contribution is 5.50. The Kier molecular flexibility index (Phi) is 4.37. The Morgan fingerprint density at radius 2 is 2.10 bits per heavy atom. The fraction of sp³-hybridized carbons (Fsp3) is 0.200. The number of methoxy groups -OCH3 is 1. The second-order valence-corrected chi connectivity index (χ2v) is 4.52. The molecule has 0 atom stereocenters. The van der Waals surface area contributed by atoms with Crippen LogP contribution in [0.5, 0.6) is 5.75 Å². The van der Waals surface area contributed by atoms with E-state index < -0.39 is 10.7 Å². The Balaban J connectivity index is 2.15. The van der Waals surface area contributed by atoms with Crippen molar-refractivity contribution in [1.82, 2.24) is 0 Å². The van der Waals surface area contributed by atoms with Crippen LogP contribution in [0.2, 0.25) is 0 Å². The minimum absolute atomic E-state index is 0.0789. The van der Waals surface area contributed by atoms with Crippen molar-refractivity contribution in [2.45, 2.75) is 13.5 Å². The lowest BCUT2D eigenvalue weighted by Gasteiger charge is -2.10. The van der Waals surface area contributed by atoms with Crippen LogP contribution in [0.1, 0.15) is 11.1 Å². The largest absolute Gasteiger partial charge is 0.494 e. The van der Waals surface area contributed by atoms with Gasteiger partial charge in [-0.05, 0) is 24.6 Å². The highest BCUT2D eigenvalue weighted by Gasteiger charge is 2.13. The van der Waals surface area contributed by atoms with E-state index in [1.54, 1.807) is 25.1 Å². The van der Waals surface area contributed by atoms with Gasteiger partial charge in [0.1, 0.15) is 0 Å². The summed E-state index contributed by atoms with van der Waals surface area (Å²) in [6, 6.07) is 9.44. The van der Waals surface area contributed by atoms with Gasteiger partial charge in [-0.15, -0.1) is 0 Å². The van der Waals surface area contributed by atoms with Crippen LogP contribution < -0.4 is 10.1 Å². The van der Waals surface area contributed by atoms with Gasteiger partial charge in [-0.25, -0.2) is 4.39 Å². The lowest BCUT2D eigenvalue weighted by molar-refractivity contribution is -0.385. The number of nitro groups is 1. The van der Waals surface area contributed by atoms with Gasteiger partial charge >= 0.3 is 0 Å². The first kappa shape index (κ1) is 14.8. The molecule has 0 unspecified atom stereocenters. The normalized spacial score (nSPS) is 10.2. The summed E-state index contributed by atoms with van der Waals surface area (Å²) in [5.41, 5.74) is 2.05. The Bertz CT molecular complexity index is 674. The molecule has 0 aliphatic carbocycles. The van der Waals surface area contributed by atoms with Crippen molar-refractivity contribution in [3.05, 3.63) is 63.5 Å². The molecule has 0 fully saturated rings. The van der Waals surface area contributed by atoms with Crippen LogP contribution in [-0.4, -0.2) is 12.0 Å². The van der Waals surface area contributed by atoms with Gasteiger partial charge < -0.3 is 10.1 Å². The van der Waals surface area contributed by atoms with E-state index in [2.05, 4.69) is 5.32 Å². The predicted octanol–water partition coefficient (Wildman–Crippen LogP) is 3.66. The standard InChI is InChI=1S/C15H15FN2O3/c1-10-11(4-3-5-14(10)18(19)20)9-17-12-6-7-15(21-2)13(16)8-12/h3-8,17H,9H2,1-2H3. The number of ether oxygens (including phenoxy) is 1. The van der Waals surface area contributed by atoms with Crippen molar-refractivity contribution in [2.24, 2.45) is 0 Å². The van der Waals surface area contributed by atoms with Gasteiger partial charge in [0.05, 0.1) is 12.0 Å². The first-order chi connectivity index (χ1) is 10.0. The van der Waals surface area contributed by atoms with Crippen molar-refractivity contribution >= 4 is 11.4 Å². The summed E-state index contributed by atoms with van der Waals surface area (Å²) < 4.78 is 18.4. The Labute approximate surface area is 121 Å². The molecule has 0 bridgehead atoms. The lowest BCUT2D eigenvalue weighted by atomic mass is 10.1. The number of rotatable bonds is 5. The maximum atomic E-state index is 13.6. The molecule has 0 heterocycles. The van der Waals surface area contributed by atoms with Gasteiger partial charge in [0.25, 0.3) is 5.69 Å². The van der Waals surface area contributed by atoms with Crippen LogP contribution >= 0.6 is 0 Å². The summed E-state index contributed by atoms with van der Waals surface area (Å²) in [7, 11) is 1.40. The zero-order chi connectivity index (χ0) is 15.4. The molecule has 21 heavy (non-hydrogen) atoms. The molecule has 0 amide bonds. The van der Waals surface area contributed by atoms with Crippen molar-refractivity contribution in [3.63, 3.8) is 0 Å². The van der Waals surface area contributed by atoms with Gasteiger partial charge in [0.2, 0.25) is 0 Å². The molecule has 0 saturated carbocycles. The molecule has 2 aromatic rings. The minimum Gasteiger partial charge on any atom is -0.494 e. The molecular formula is C15H15FN2O3. The zero-order valence-corrected chi connectivity index (χ0v) is 11.7. The highest BCUT2D eigenvalue weighted by Crippen LogP contribution is 2.24. The third-order valence-electron chi connectivity index (χ3n) is 3.25. The van der Waals surface area contributed by atoms with Crippen LogP contribution in [0.15, 0.2) is 36.4 Å². The maximum Gasteiger partial charge on any atom is 0.272 e. The second kappa shape index (κ2) is 6.21. The van der Waals surface area contributed by atoms with Gasteiger partial charge in [-0.1, -0.05) is 12.1 Å². The molecule has 0 aliphatic heterocycles. The summed E-state index contributed by atoms with van der Waals surface area (Å²) in [5.74, 6) is -0.287. The molecule has 1 N–H and O–H groups in total. The SMILES string of the molecule is COc1ccc(NCc2cccc([N+](=O)[O-])c2C)cc1F. The van der Waals surface area contributed by atoms with Crippen molar-refractivity contribution in [2.75, 3.05) is 12.4 Å². The topological polar surface area (TPSA) is 64.4 Å². The van der Waals surface area contributed by atoms with E-state index in [4.69, 9.17) is 4.74 Å². The van der Waals surface area contributed by atoms with E-state index in [0.29, 0.717) is 17.8 Å². The first-order valence-corrected chi connectivity index (χ1v) is 6.33. The third-order valence-corrected chi connectivity index (χ3v) is 3.25. The molecule has 110 valence electrons. The number of nitro benzene ring substituents is 1. The summed E-state index contributed by atoms with van der Waals surface area (Å²) in [4.78, 5) is 10.5. The summed E-state index contributed by atoms with van der Waals surface area (Å²) in [5, 5.41) is 13.9. The highest BCUT2D eigenvalue weighted by atomic mass is 19.1. The molecule has 0 radical (unpaired) electrons. The van der Waals surface area contributed by atoms with Crippen LogP contribution in [0.4, 0.5) is 15.8 Å². The number of anilines is 1. The lowest BCUT2D eigenvalue weighted by Crippen LogP contribution is -2.03. The van der Waals surface area contributed by atoms with E-state index in [1.807, 2.05) is 0 Å². The molecule has 0 aliphatic rings.